The van der Waals surface area contributed by atoms with E-state index in [0.29, 0.717) is 5.69 Å². The van der Waals surface area contributed by atoms with Crippen LogP contribution in [0.3, 0.4) is 0 Å². The van der Waals surface area contributed by atoms with Gasteiger partial charge in [-0.05, 0) is 18.2 Å². The Hall–Kier alpha value is -2.57. The van der Waals surface area contributed by atoms with Crippen LogP contribution in [0.25, 0.3) is 0 Å². The fourth-order valence-corrected chi connectivity index (χ4v) is 1.78. The van der Waals surface area contributed by atoms with Gasteiger partial charge in [-0.1, -0.05) is 0 Å². The SMILES string of the molecule is Nc1cc(C(=O)O)ccc1N1CC(=O)NC(=O)C1. The Kier molecular flexibility index (Phi) is 2.88. The van der Waals surface area contributed by atoms with E-state index < -0.39 is 17.8 Å². The monoisotopic (exact) mass is 249 g/mol. The summed E-state index contributed by atoms with van der Waals surface area (Å²) in [5, 5.41) is 11.0. The van der Waals surface area contributed by atoms with Crippen LogP contribution in [0.1, 0.15) is 10.4 Å². The molecule has 7 heteroatoms. The van der Waals surface area contributed by atoms with Crippen molar-refractivity contribution < 1.29 is 19.5 Å². The highest BCUT2D eigenvalue weighted by molar-refractivity contribution is 6.03. The predicted octanol–water partition coefficient (Wildman–Crippen LogP) is -0.570. The van der Waals surface area contributed by atoms with Crippen LogP contribution >= 0.6 is 0 Å². The van der Waals surface area contributed by atoms with Gasteiger partial charge in [0.05, 0.1) is 30.0 Å². The second kappa shape index (κ2) is 4.36. The highest BCUT2D eigenvalue weighted by Crippen LogP contribution is 2.24. The molecule has 2 amide bonds. The minimum absolute atomic E-state index is 0.0162. The molecule has 0 atom stereocenters. The molecular formula is C11H11N3O4. The molecule has 0 aromatic heterocycles. The number of rotatable bonds is 2. The van der Waals surface area contributed by atoms with Gasteiger partial charge >= 0.3 is 5.97 Å². The fourth-order valence-electron chi connectivity index (χ4n) is 1.78. The average molecular weight is 249 g/mol. The zero-order valence-electron chi connectivity index (χ0n) is 9.34. The highest BCUT2D eigenvalue weighted by atomic mass is 16.4. The summed E-state index contributed by atoms with van der Waals surface area (Å²) in [7, 11) is 0. The third kappa shape index (κ3) is 2.24. The molecule has 1 heterocycles. The molecule has 1 saturated heterocycles. The zero-order chi connectivity index (χ0) is 13.3. The number of nitrogens with zero attached hydrogens (tertiary/aromatic N) is 1. The van der Waals surface area contributed by atoms with Gasteiger partial charge in [0, 0.05) is 0 Å². The van der Waals surface area contributed by atoms with Crippen LogP contribution in [0.15, 0.2) is 18.2 Å². The lowest BCUT2D eigenvalue weighted by molar-refractivity contribution is -0.130. The van der Waals surface area contributed by atoms with Crippen molar-refractivity contribution in [1.29, 1.82) is 0 Å². The second-order valence-corrected chi connectivity index (χ2v) is 3.91. The molecule has 1 aromatic rings. The number of nitrogens with two attached hydrogens (primary N) is 1. The van der Waals surface area contributed by atoms with Crippen molar-refractivity contribution in [2.75, 3.05) is 23.7 Å². The molecule has 0 spiro atoms. The number of carbonyl (C=O) groups is 3. The molecule has 7 nitrogen and oxygen atoms in total. The molecule has 94 valence electrons. The standard InChI is InChI=1S/C11H11N3O4/c12-7-3-6(11(17)18)1-2-8(7)14-4-9(15)13-10(16)5-14/h1-3H,4-5,12H2,(H,17,18)(H,13,15,16). The maximum absolute atomic E-state index is 11.2. The molecule has 0 radical (unpaired) electrons. The first-order valence-electron chi connectivity index (χ1n) is 5.18. The third-order valence-electron chi connectivity index (χ3n) is 2.56. The van der Waals surface area contributed by atoms with Gasteiger partial charge in [0.1, 0.15) is 0 Å². The maximum atomic E-state index is 11.2. The van der Waals surface area contributed by atoms with E-state index in [-0.39, 0.29) is 24.3 Å². The maximum Gasteiger partial charge on any atom is 0.335 e. The summed E-state index contributed by atoms with van der Waals surface area (Å²) in [6, 6.07) is 4.17. The van der Waals surface area contributed by atoms with Crippen LogP contribution in [0.4, 0.5) is 11.4 Å². The summed E-state index contributed by atoms with van der Waals surface area (Å²) in [6.07, 6.45) is 0. The summed E-state index contributed by atoms with van der Waals surface area (Å²) >= 11 is 0. The van der Waals surface area contributed by atoms with Crippen LogP contribution < -0.4 is 16.0 Å². The van der Waals surface area contributed by atoms with Crippen LogP contribution in [0, 0.1) is 0 Å². The Labute approximate surface area is 102 Å². The minimum Gasteiger partial charge on any atom is -0.478 e. The number of benzene rings is 1. The molecule has 0 saturated carbocycles. The number of anilines is 2. The molecule has 0 aliphatic carbocycles. The summed E-state index contributed by atoms with van der Waals surface area (Å²) in [4.78, 5) is 34.7. The number of hydrogen-bond donors (Lipinski definition) is 3. The van der Waals surface area contributed by atoms with E-state index in [1.165, 1.54) is 23.1 Å². The number of nitrogens with one attached hydrogen (secondary N) is 1. The topological polar surface area (TPSA) is 113 Å². The van der Waals surface area contributed by atoms with Crippen LogP contribution in [-0.4, -0.2) is 36.0 Å². The lowest BCUT2D eigenvalue weighted by atomic mass is 10.1. The van der Waals surface area contributed by atoms with Gasteiger partial charge in [-0.15, -0.1) is 0 Å². The number of nitrogen functional groups attached to an aromatic ring is 1. The summed E-state index contributed by atoms with van der Waals surface area (Å²) in [5.41, 5.74) is 6.49. The van der Waals surface area contributed by atoms with E-state index in [9.17, 15) is 14.4 Å². The summed E-state index contributed by atoms with van der Waals surface area (Å²) in [6.45, 7) is 0.0325. The molecule has 2 rings (SSSR count). The second-order valence-electron chi connectivity index (χ2n) is 3.91. The number of hydrogen-bond acceptors (Lipinski definition) is 5. The van der Waals surface area contributed by atoms with Crippen molar-refractivity contribution in [3.05, 3.63) is 23.8 Å². The van der Waals surface area contributed by atoms with Gasteiger partial charge in [-0.25, -0.2) is 4.79 Å². The van der Waals surface area contributed by atoms with Gasteiger partial charge < -0.3 is 15.7 Å². The molecule has 1 aliphatic heterocycles. The van der Waals surface area contributed by atoms with Crippen molar-refractivity contribution in [1.82, 2.24) is 5.32 Å². The molecule has 4 N–H and O–H groups in total. The van der Waals surface area contributed by atoms with Gasteiger partial charge in [-0.3, -0.25) is 14.9 Å². The van der Waals surface area contributed by atoms with Crippen molar-refractivity contribution in [2.24, 2.45) is 0 Å². The normalized spacial score (nSPS) is 15.4. The van der Waals surface area contributed by atoms with Gasteiger partial charge in [0.25, 0.3) is 0 Å². The van der Waals surface area contributed by atoms with Crippen molar-refractivity contribution in [2.45, 2.75) is 0 Å². The molecule has 0 bridgehead atoms. The first kappa shape index (κ1) is 11.9. The number of carboxylic acids is 1. The van der Waals surface area contributed by atoms with E-state index in [4.69, 9.17) is 10.8 Å². The van der Waals surface area contributed by atoms with Crippen molar-refractivity contribution in [3.8, 4) is 0 Å². The van der Waals surface area contributed by atoms with Crippen LogP contribution in [-0.2, 0) is 9.59 Å². The van der Waals surface area contributed by atoms with Crippen molar-refractivity contribution in [3.63, 3.8) is 0 Å². The minimum atomic E-state index is -1.08. The number of piperazine rings is 1. The van der Waals surface area contributed by atoms with Gasteiger partial charge in [0.15, 0.2) is 0 Å². The first-order valence-corrected chi connectivity index (χ1v) is 5.18. The molecule has 1 aliphatic rings. The molecule has 1 fully saturated rings. The molecule has 1 aromatic carbocycles. The Balaban J connectivity index is 2.31. The summed E-state index contributed by atoms with van der Waals surface area (Å²) < 4.78 is 0. The summed E-state index contributed by atoms with van der Waals surface area (Å²) in [5.74, 6) is -1.90. The Morgan fingerprint density at radius 3 is 2.39 bits per heavy atom. The number of imide groups is 1. The molecule has 0 unspecified atom stereocenters. The molecule has 18 heavy (non-hydrogen) atoms. The van der Waals surface area contributed by atoms with E-state index in [2.05, 4.69) is 5.32 Å². The quantitative estimate of drug-likeness (QED) is 0.478. The molecular weight excluding hydrogens is 238 g/mol. The average Bonchev–Trinajstić information content (AvgIpc) is 2.27. The fraction of sp³-hybridized carbons (Fsp3) is 0.182. The lowest BCUT2D eigenvalue weighted by Gasteiger charge is -2.28. The highest BCUT2D eigenvalue weighted by Gasteiger charge is 2.24. The number of carboxylic acid groups (broad SMARTS) is 1. The largest absolute Gasteiger partial charge is 0.478 e. The van der Waals surface area contributed by atoms with E-state index in [1.807, 2.05) is 0 Å². The Morgan fingerprint density at radius 2 is 1.89 bits per heavy atom. The van der Waals surface area contributed by atoms with Gasteiger partial charge in [-0.2, -0.15) is 0 Å². The van der Waals surface area contributed by atoms with Gasteiger partial charge in [0.2, 0.25) is 11.8 Å². The lowest BCUT2D eigenvalue weighted by Crippen LogP contribution is -2.51. The van der Waals surface area contributed by atoms with E-state index in [0.717, 1.165) is 0 Å². The Morgan fingerprint density at radius 1 is 1.28 bits per heavy atom. The third-order valence-corrected chi connectivity index (χ3v) is 2.56. The van der Waals surface area contributed by atoms with E-state index >= 15 is 0 Å². The van der Waals surface area contributed by atoms with Crippen molar-refractivity contribution >= 4 is 29.2 Å². The number of carbonyl (C=O) groups excluding carboxylic acids is 2. The first-order chi connectivity index (χ1) is 8.47. The number of amides is 2. The zero-order valence-corrected chi connectivity index (χ0v) is 9.34. The van der Waals surface area contributed by atoms with Crippen LogP contribution in [0.5, 0.6) is 0 Å². The predicted molar refractivity (Wildman–Crippen MR) is 63.2 cm³/mol. The van der Waals surface area contributed by atoms with Crippen LogP contribution in [0.2, 0.25) is 0 Å². The Bertz CT molecular complexity index is 525. The number of aromatic carboxylic acids is 1. The van der Waals surface area contributed by atoms with E-state index in [1.54, 1.807) is 0 Å². The smallest absolute Gasteiger partial charge is 0.335 e.